The normalized spacial score (nSPS) is 11.5. The molecule has 2 nitrogen and oxygen atoms in total. The number of benzene rings is 4. The van der Waals surface area contributed by atoms with Gasteiger partial charge < -0.3 is 4.57 Å². The summed E-state index contributed by atoms with van der Waals surface area (Å²) in [7, 11) is 0. The molecule has 4 aromatic carbocycles. The Hall–Kier alpha value is -2.54. The lowest BCUT2D eigenvalue weighted by Gasteiger charge is -2.25. The summed E-state index contributed by atoms with van der Waals surface area (Å²) in [6, 6.07) is 37.8. The van der Waals surface area contributed by atoms with Gasteiger partial charge in [0, 0.05) is 33.1 Å². The molecule has 4 heteroatoms. The average molecular weight is 617 g/mol. The van der Waals surface area contributed by atoms with Gasteiger partial charge in [-0.15, -0.1) is 0 Å². The van der Waals surface area contributed by atoms with Gasteiger partial charge >= 0.3 is 0 Å². The highest BCUT2D eigenvalue weighted by Gasteiger charge is 2.25. The first-order chi connectivity index (χ1) is 18.2. The predicted octanol–water partition coefficient (Wildman–Crippen LogP) is 8.34. The second-order valence-corrected chi connectivity index (χ2v) is 11.2. The third kappa shape index (κ3) is 5.97. The fraction of sp³-hybridized carbons (Fsp3) is 0.212. The zero-order valence-corrected chi connectivity index (χ0v) is 24.3. The van der Waals surface area contributed by atoms with Crippen molar-refractivity contribution in [2.75, 3.05) is 6.54 Å². The molecule has 0 fully saturated rings. The van der Waals surface area contributed by atoms with E-state index in [9.17, 15) is 0 Å². The third-order valence-corrected chi connectivity index (χ3v) is 8.05. The number of hydrogen-bond donors (Lipinski definition) is 2. The lowest BCUT2D eigenvalue weighted by atomic mass is 9.97. The molecule has 0 amide bonds. The van der Waals surface area contributed by atoms with Crippen molar-refractivity contribution < 1.29 is 0 Å². The summed E-state index contributed by atoms with van der Waals surface area (Å²) in [5.41, 5.74) is 9.51. The maximum atomic E-state index is 4.36. The van der Waals surface area contributed by atoms with Crippen molar-refractivity contribution in [2.24, 2.45) is 0 Å². The summed E-state index contributed by atoms with van der Waals surface area (Å²) in [6.07, 6.45) is 4.18. The first-order valence-electron chi connectivity index (χ1n) is 13.0. The van der Waals surface area contributed by atoms with Crippen LogP contribution in [0.15, 0.2) is 103 Å². The number of fused-ring (bicyclic) bond motifs is 1. The number of aromatic nitrogens is 1. The molecule has 0 unspecified atom stereocenters. The summed E-state index contributed by atoms with van der Waals surface area (Å²) < 4.78 is 6.99. The van der Waals surface area contributed by atoms with E-state index in [1.54, 1.807) is 0 Å². The van der Waals surface area contributed by atoms with Crippen LogP contribution in [0.25, 0.3) is 10.9 Å². The van der Waals surface area contributed by atoms with Gasteiger partial charge in [-0.3, -0.25) is 4.72 Å². The number of aryl methyl sites for hydroxylation is 3. The van der Waals surface area contributed by atoms with E-state index in [4.69, 9.17) is 0 Å². The molecule has 0 spiro atoms. The van der Waals surface area contributed by atoms with Crippen molar-refractivity contribution in [3.05, 3.63) is 140 Å². The van der Waals surface area contributed by atoms with Crippen LogP contribution in [0, 0.1) is 10.5 Å². The molecule has 0 saturated heterocycles. The zero-order valence-electron chi connectivity index (χ0n) is 21.2. The average Bonchev–Trinajstić information content (AvgIpc) is 3.22. The molecule has 5 aromatic rings. The molecule has 5 rings (SSSR count). The van der Waals surface area contributed by atoms with E-state index in [-0.39, 0.29) is 6.04 Å². The number of rotatable bonds is 10. The van der Waals surface area contributed by atoms with Crippen molar-refractivity contribution >= 4 is 46.3 Å². The predicted molar refractivity (Wildman–Crippen MR) is 169 cm³/mol. The topological polar surface area (TPSA) is 17.0 Å². The van der Waals surface area contributed by atoms with Gasteiger partial charge in [-0.2, -0.15) is 0 Å². The maximum absolute atomic E-state index is 4.36. The van der Waals surface area contributed by atoms with Crippen LogP contribution in [-0.2, 0) is 19.3 Å². The summed E-state index contributed by atoms with van der Waals surface area (Å²) in [5.74, 6) is 0. The van der Waals surface area contributed by atoms with Crippen LogP contribution < -0.4 is 4.72 Å². The standard InChI is InChI=1S/C33H33IN2S/c1-24-15-17-25(18-16-24)9-8-14-29-30-23-28(34)19-20-31(30)36(32(29)21-22-35-37)33(26-10-4-2-5-11-26)27-12-6-3-7-13-27/h2-7,10-13,15-20,23,33,35,37H,8-9,14,21-22H2,1H3. The highest BCUT2D eigenvalue weighted by molar-refractivity contribution is 14.1. The number of halogens is 1. The molecule has 188 valence electrons. The molecule has 0 saturated carbocycles. The van der Waals surface area contributed by atoms with Crippen LogP contribution in [0.5, 0.6) is 0 Å². The van der Waals surface area contributed by atoms with Gasteiger partial charge in [0.15, 0.2) is 0 Å². The van der Waals surface area contributed by atoms with Crippen LogP contribution in [0.4, 0.5) is 0 Å². The minimum atomic E-state index is 0.103. The number of nitrogens with one attached hydrogen (secondary N) is 1. The second kappa shape index (κ2) is 12.3. The van der Waals surface area contributed by atoms with Crippen molar-refractivity contribution in [1.82, 2.24) is 9.29 Å². The lowest BCUT2D eigenvalue weighted by molar-refractivity contribution is 0.651. The van der Waals surface area contributed by atoms with Crippen LogP contribution in [-0.4, -0.2) is 11.1 Å². The summed E-state index contributed by atoms with van der Waals surface area (Å²) in [6.45, 7) is 2.97. The molecule has 1 aromatic heterocycles. The first kappa shape index (κ1) is 26.1. The maximum Gasteiger partial charge on any atom is 0.0842 e. The van der Waals surface area contributed by atoms with E-state index in [0.717, 1.165) is 32.2 Å². The van der Waals surface area contributed by atoms with Gasteiger partial charge in [-0.05, 0) is 89.2 Å². The molecule has 0 radical (unpaired) electrons. The van der Waals surface area contributed by atoms with Crippen LogP contribution in [0.1, 0.15) is 46.0 Å². The van der Waals surface area contributed by atoms with Crippen molar-refractivity contribution in [3.63, 3.8) is 0 Å². The van der Waals surface area contributed by atoms with E-state index >= 15 is 0 Å². The minimum absolute atomic E-state index is 0.103. The van der Waals surface area contributed by atoms with E-state index < -0.39 is 0 Å². The first-order valence-corrected chi connectivity index (χ1v) is 14.5. The van der Waals surface area contributed by atoms with Crippen LogP contribution in [0.2, 0.25) is 0 Å². The monoisotopic (exact) mass is 616 g/mol. The van der Waals surface area contributed by atoms with Crippen LogP contribution in [0.3, 0.4) is 0 Å². The SMILES string of the molecule is Cc1ccc(CCCc2c(CCNS)n(C(c3ccccc3)c3ccccc3)c3ccc(I)cc23)cc1. The molecule has 0 atom stereocenters. The number of nitrogens with zero attached hydrogens (tertiary/aromatic N) is 1. The van der Waals surface area contributed by atoms with E-state index in [1.807, 2.05) is 0 Å². The van der Waals surface area contributed by atoms with Gasteiger partial charge in [0.1, 0.15) is 0 Å². The molecule has 37 heavy (non-hydrogen) atoms. The largest absolute Gasteiger partial charge is 0.333 e. The highest BCUT2D eigenvalue weighted by atomic mass is 127. The Morgan fingerprint density at radius 2 is 1.43 bits per heavy atom. The summed E-state index contributed by atoms with van der Waals surface area (Å²) in [4.78, 5) is 0. The molecule has 0 aliphatic rings. The van der Waals surface area contributed by atoms with Crippen molar-refractivity contribution in [2.45, 2.75) is 38.6 Å². The Balaban J connectivity index is 1.65. The van der Waals surface area contributed by atoms with Crippen molar-refractivity contribution in [3.8, 4) is 0 Å². The Labute approximate surface area is 239 Å². The molecule has 0 bridgehead atoms. The molecule has 0 aliphatic heterocycles. The van der Waals surface area contributed by atoms with E-state index in [0.29, 0.717) is 0 Å². The van der Waals surface area contributed by atoms with Gasteiger partial charge in [-0.1, -0.05) is 103 Å². The highest BCUT2D eigenvalue weighted by Crippen LogP contribution is 2.37. The van der Waals surface area contributed by atoms with Gasteiger partial charge in [0.25, 0.3) is 0 Å². The van der Waals surface area contributed by atoms with Gasteiger partial charge in [0.05, 0.1) is 6.04 Å². The number of thiol groups is 1. The van der Waals surface area contributed by atoms with Gasteiger partial charge in [-0.25, -0.2) is 0 Å². The third-order valence-electron chi connectivity index (χ3n) is 7.16. The van der Waals surface area contributed by atoms with E-state index in [1.165, 1.54) is 48.0 Å². The molecule has 1 N–H and O–H groups in total. The Kier molecular flexibility index (Phi) is 8.70. The lowest BCUT2D eigenvalue weighted by Crippen LogP contribution is -2.18. The minimum Gasteiger partial charge on any atom is -0.333 e. The van der Waals surface area contributed by atoms with Gasteiger partial charge in [0.2, 0.25) is 0 Å². The Bertz CT molecular complexity index is 1400. The fourth-order valence-electron chi connectivity index (χ4n) is 5.41. The Morgan fingerprint density at radius 1 is 0.784 bits per heavy atom. The molecule has 0 aliphatic carbocycles. The second-order valence-electron chi connectivity index (χ2n) is 9.68. The zero-order chi connectivity index (χ0) is 25.6. The molecule has 1 heterocycles. The number of hydrogen-bond acceptors (Lipinski definition) is 2. The van der Waals surface area contributed by atoms with Crippen molar-refractivity contribution in [1.29, 1.82) is 0 Å². The smallest absolute Gasteiger partial charge is 0.0842 e. The quantitative estimate of drug-likeness (QED) is 0.119. The molecular formula is C33H33IN2S. The fourth-order valence-corrected chi connectivity index (χ4v) is 6.01. The van der Waals surface area contributed by atoms with E-state index in [2.05, 4.69) is 155 Å². The summed E-state index contributed by atoms with van der Waals surface area (Å²) in [5, 5.41) is 1.38. The molecular weight excluding hydrogens is 583 g/mol. The Morgan fingerprint density at radius 3 is 2.05 bits per heavy atom. The summed E-state index contributed by atoms with van der Waals surface area (Å²) >= 11 is 6.81. The van der Waals surface area contributed by atoms with Crippen LogP contribution >= 0.6 is 35.4 Å².